The van der Waals surface area contributed by atoms with E-state index in [1.807, 2.05) is 17.5 Å². The zero-order valence-corrected chi connectivity index (χ0v) is 13.8. The van der Waals surface area contributed by atoms with Crippen LogP contribution >= 0.6 is 22.7 Å². The van der Waals surface area contributed by atoms with Gasteiger partial charge in [-0.25, -0.2) is 4.68 Å². The molecule has 6 nitrogen and oxygen atoms in total. The van der Waals surface area contributed by atoms with Crippen LogP contribution in [0, 0.1) is 5.41 Å². The second-order valence-electron chi connectivity index (χ2n) is 5.02. The lowest BCUT2D eigenvalue weighted by Crippen LogP contribution is -2.47. The van der Waals surface area contributed by atoms with Crippen molar-refractivity contribution in [3.8, 4) is 5.13 Å². The van der Waals surface area contributed by atoms with Crippen molar-refractivity contribution in [1.29, 1.82) is 5.41 Å². The molecule has 0 fully saturated rings. The first-order valence-electron chi connectivity index (χ1n) is 6.98. The zero-order chi connectivity index (χ0) is 16.7. The highest BCUT2D eigenvalue weighted by atomic mass is 32.1. The van der Waals surface area contributed by atoms with Gasteiger partial charge in [-0.1, -0.05) is 17.4 Å². The minimum Gasteiger partial charge on any atom is -0.290 e. The number of nitrogens with one attached hydrogen (secondary N) is 2. The fraction of sp³-hybridized carbons (Fsp3) is 0. The average molecular weight is 354 g/mol. The predicted molar refractivity (Wildman–Crippen MR) is 92.9 cm³/mol. The lowest BCUT2D eigenvalue weighted by atomic mass is 10.1. The van der Waals surface area contributed by atoms with Gasteiger partial charge in [0.15, 0.2) is 11.3 Å². The monoisotopic (exact) mass is 354 g/mol. The van der Waals surface area contributed by atoms with E-state index in [-0.39, 0.29) is 16.5 Å². The van der Waals surface area contributed by atoms with Crippen molar-refractivity contribution in [2.45, 2.75) is 0 Å². The van der Waals surface area contributed by atoms with Gasteiger partial charge < -0.3 is 0 Å². The number of H-pyrrole nitrogens is 1. The summed E-state index contributed by atoms with van der Waals surface area (Å²) < 4.78 is 2.20. The van der Waals surface area contributed by atoms with Crippen molar-refractivity contribution in [2.24, 2.45) is 0 Å². The van der Waals surface area contributed by atoms with E-state index < -0.39 is 5.56 Å². The maximum atomic E-state index is 12.3. The summed E-state index contributed by atoms with van der Waals surface area (Å²) >= 11 is 2.76. The largest absolute Gasteiger partial charge is 0.290 e. The molecule has 0 saturated carbocycles. The van der Waals surface area contributed by atoms with E-state index in [0.29, 0.717) is 5.13 Å². The van der Waals surface area contributed by atoms with E-state index in [1.54, 1.807) is 18.2 Å². The van der Waals surface area contributed by atoms with Gasteiger partial charge in [-0.3, -0.25) is 20.1 Å². The summed E-state index contributed by atoms with van der Waals surface area (Å²) in [6.07, 6.45) is 8.02. The van der Waals surface area contributed by atoms with Crippen molar-refractivity contribution >= 4 is 40.1 Å². The lowest BCUT2D eigenvalue weighted by Gasteiger charge is -1.99. The molecule has 0 amide bonds. The molecule has 1 aromatic rings. The number of hydrogen-bond acceptors (Lipinski definition) is 6. The van der Waals surface area contributed by atoms with Crippen LogP contribution in [0.3, 0.4) is 0 Å². The first-order valence-corrected chi connectivity index (χ1v) is 8.67. The van der Waals surface area contributed by atoms with E-state index in [2.05, 4.69) is 10.1 Å². The fourth-order valence-electron chi connectivity index (χ4n) is 2.28. The minimum absolute atomic E-state index is 0.0568. The molecule has 0 spiro atoms. The van der Waals surface area contributed by atoms with Crippen molar-refractivity contribution < 1.29 is 4.79 Å². The molecule has 0 aromatic carbocycles. The molecular formula is C16H10N4O2S2. The molecule has 0 bridgehead atoms. The number of ketones is 1. The number of hydrogen-bond donors (Lipinski definition) is 2. The van der Waals surface area contributed by atoms with Crippen LogP contribution in [0.2, 0.25) is 0 Å². The third-order valence-corrected chi connectivity index (χ3v) is 5.26. The number of aromatic nitrogens is 3. The van der Waals surface area contributed by atoms with Crippen molar-refractivity contribution in [1.82, 2.24) is 14.8 Å². The number of allylic oxidation sites excluding steroid dienone is 4. The molecule has 4 rings (SSSR count). The molecule has 1 aliphatic carbocycles. The van der Waals surface area contributed by atoms with Crippen molar-refractivity contribution in [3.63, 3.8) is 0 Å². The highest BCUT2D eigenvalue weighted by molar-refractivity contribution is 7.12. The smallest absolute Gasteiger partial charge is 0.283 e. The second-order valence-corrected chi connectivity index (χ2v) is 6.98. The first-order chi connectivity index (χ1) is 11.6. The van der Waals surface area contributed by atoms with Crippen LogP contribution in [-0.2, 0) is 4.79 Å². The van der Waals surface area contributed by atoms with Crippen LogP contribution in [-0.4, -0.2) is 20.5 Å². The van der Waals surface area contributed by atoms with E-state index >= 15 is 0 Å². The van der Waals surface area contributed by atoms with Gasteiger partial charge >= 0.3 is 0 Å². The summed E-state index contributed by atoms with van der Waals surface area (Å²) in [6.45, 7) is 0. The van der Waals surface area contributed by atoms with Crippen molar-refractivity contribution in [2.75, 3.05) is 0 Å². The molecular weight excluding hydrogens is 344 g/mol. The minimum atomic E-state index is -0.426. The predicted octanol–water partition coefficient (Wildman–Crippen LogP) is 0.275. The second kappa shape index (κ2) is 5.66. The van der Waals surface area contributed by atoms with Crippen LogP contribution in [0.1, 0.15) is 4.88 Å². The maximum absolute atomic E-state index is 12.3. The lowest BCUT2D eigenvalue weighted by molar-refractivity contribution is -0.110. The molecule has 118 valence electrons. The quantitative estimate of drug-likeness (QED) is 0.657. The van der Waals surface area contributed by atoms with Gasteiger partial charge in [0.2, 0.25) is 5.13 Å². The van der Waals surface area contributed by atoms with Crippen LogP contribution < -0.4 is 20.9 Å². The third-order valence-electron chi connectivity index (χ3n) is 3.45. The number of carbonyl (C=O) groups excluding carboxylic acids is 1. The standard InChI is InChI=1S/C16H10N4O2S2/c17-13-12(8-11-2-1-7-23-11)14(22)18-16-20(13)19-15(24-16)9-3-5-10(21)6-4-9/h1-8,17,19H. The van der Waals surface area contributed by atoms with Gasteiger partial charge in [-0.05, 0) is 41.8 Å². The highest BCUT2D eigenvalue weighted by Gasteiger charge is 2.12. The molecule has 8 heteroatoms. The molecule has 3 heterocycles. The van der Waals surface area contributed by atoms with E-state index in [4.69, 9.17) is 5.41 Å². The molecule has 2 N–H and O–H groups in total. The van der Waals surface area contributed by atoms with Gasteiger partial charge in [0, 0.05) is 10.5 Å². The Morgan fingerprint density at radius 1 is 1.21 bits per heavy atom. The summed E-state index contributed by atoms with van der Waals surface area (Å²) in [6, 6.07) is 3.77. The van der Waals surface area contributed by atoms with Crippen LogP contribution in [0.5, 0.6) is 0 Å². The Labute approximate surface area is 142 Å². The van der Waals surface area contributed by atoms with Crippen molar-refractivity contribution in [3.05, 3.63) is 72.4 Å². The maximum Gasteiger partial charge on any atom is 0.283 e. The molecule has 0 atom stereocenters. The number of nitrogens with zero attached hydrogens (tertiary/aromatic N) is 2. The molecule has 24 heavy (non-hydrogen) atoms. The topological polar surface area (TPSA) is 91.6 Å². The summed E-state index contributed by atoms with van der Waals surface area (Å²) in [5.41, 5.74) is 0.437. The van der Waals surface area contributed by atoms with Gasteiger partial charge in [0.05, 0.1) is 5.22 Å². The highest BCUT2D eigenvalue weighted by Crippen LogP contribution is 2.09. The zero-order valence-electron chi connectivity index (χ0n) is 12.1. The Kier molecular flexibility index (Phi) is 3.47. The average Bonchev–Trinajstić information content (AvgIpc) is 3.21. The number of aromatic amines is 1. The Balaban J connectivity index is 2.01. The van der Waals surface area contributed by atoms with E-state index in [0.717, 1.165) is 15.1 Å². The Morgan fingerprint density at radius 2 is 2.00 bits per heavy atom. The third kappa shape index (κ3) is 2.51. The summed E-state index contributed by atoms with van der Waals surface area (Å²) in [5.74, 6) is -0.0681. The molecule has 3 aliphatic rings. The number of carbonyl (C=O) groups is 1. The Bertz CT molecular complexity index is 1190. The number of fused-ring (bicyclic) bond motifs is 1. The van der Waals surface area contributed by atoms with Gasteiger partial charge in [0.1, 0.15) is 4.66 Å². The molecule has 0 unspecified atom stereocenters. The molecule has 0 radical (unpaired) electrons. The number of rotatable bonds is 1. The summed E-state index contributed by atoms with van der Waals surface area (Å²) in [5, 5.41) is 14.0. The van der Waals surface area contributed by atoms with Crippen LogP contribution in [0.4, 0.5) is 0 Å². The first kappa shape index (κ1) is 14.7. The fourth-order valence-corrected chi connectivity index (χ4v) is 3.87. The normalized spacial score (nSPS) is 14.9. The molecule has 1 aromatic heterocycles. The van der Waals surface area contributed by atoms with Gasteiger partial charge in [-0.2, -0.15) is 4.98 Å². The molecule has 0 saturated heterocycles. The Morgan fingerprint density at radius 3 is 2.71 bits per heavy atom. The van der Waals surface area contributed by atoms with Gasteiger partial charge in [0.25, 0.3) is 5.56 Å². The summed E-state index contributed by atoms with van der Waals surface area (Å²) in [4.78, 5) is 28.4. The SMILES string of the molecule is N=c1c(=Cc2cccs2)c(=O)nc2sc(=C3C=CC(=O)C=C3)[nH]n1-2. The van der Waals surface area contributed by atoms with E-state index in [1.165, 1.54) is 39.5 Å². The summed E-state index contributed by atoms with van der Waals surface area (Å²) in [7, 11) is 0. The Hall–Kier alpha value is -2.84. The van der Waals surface area contributed by atoms with E-state index in [9.17, 15) is 9.59 Å². The number of thiophene rings is 1. The van der Waals surface area contributed by atoms with Crippen LogP contribution in [0.25, 0.3) is 16.8 Å². The van der Waals surface area contributed by atoms with Gasteiger partial charge in [-0.15, -0.1) is 11.3 Å². The van der Waals surface area contributed by atoms with Crippen LogP contribution in [0.15, 0.2) is 46.6 Å². The molecule has 2 aliphatic heterocycles.